The van der Waals surface area contributed by atoms with E-state index >= 15 is 0 Å². The van der Waals surface area contributed by atoms with E-state index in [2.05, 4.69) is 26.6 Å². The molecule has 22 heavy (non-hydrogen) atoms. The fraction of sp³-hybridized carbons (Fsp3) is 0.176. The number of benzene rings is 2. The van der Waals surface area contributed by atoms with E-state index in [1.807, 2.05) is 31.2 Å². The van der Waals surface area contributed by atoms with Crippen molar-refractivity contribution in [2.45, 2.75) is 24.3 Å². The molecule has 0 bridgehead atoms. The average molecular weight is 378 g/mol. The topological polar surface area (TPSA) is 46.2 Å². The monoisotopic (exact) mass is 377 g/mol. The van der Waals surface area contributed by atoms with Crippen molar-refractivity contribution in [3.05, 3.63) is 64.1 Å². The molecule has 0 amide bonds. The van der Waals surface area contributed by atoms with Gasteiger partial charge in [0.1, 0.15) is 0 Å². The highest BCUT2D eigenvalue weighted by Crippen LogP contribution is 2.27. The zero-order valence-corrected chi connectivity index (χ0v) is 14.5. The van der Waals surface area contributed by atoms with E-state index in [-0.39, 0.29) is 11.3 Å². The smallest absolute Gasteiger partial charge is 0.207 e. The van der Waals surface area contributed by atoms with Gasteiger partial charge in [0.15, 0.2) is 0 Å². The molecule has 0 aliphatic carbocycles. The first-order chi connectivity index (χ1) is 10.4. The molecule has 5 heteroatoms. The standard InChI is InChI=1S/C17H16BrNO2S/c1-3-6-17(15-7-4-5-8-16(15)18)19-22(20,21)14-11-9-13(2)10-12-14/h1,4-5,7-12,17,19H,6H2,2H3/t17-/m1/s1. The van der Waals surface area contributed by atoms with Crippen LogP contribution in [0.3, 0.4) is 0 Å². The summed E-state index contributed by atoms with van der Waals surface area (Å²) >= 11 is 3.44. The quantitative estimate of drug-likeness (QED) is 0.805. The van der Waals surface area contributed by atoms with Crippen molar-refractivity contribution in [3.8, 4) is 12.3 Å². The number of hydrogen-bond acceptors (Lipinski definition) is 2. The summed E-state index contributed by atoms with van der Waals surface area (Å²) in [4.78, 5) is 0.229. The van der Waals surface area contributed by atoms with Gasteiger partial charge in [0.2, 0.25) is 10.0 Å². The normalized spacial score (nSPS) is 12.6. The van der Waals surface area contributed by atoms with Gasteiger partial charge < -0.3 is 0 Å². The van der Waals surface area contributed by atoms with Gasteiger partial charge in [-0.2, -0.15) is 0 Å². The van der Waals surface area contributed by atoms with Gasteiger partial charge in [-0.1, -0.05) is 51.8 Å². The van der Waals surface area contributed by atoms with Crippen molar-refractivity contribution in [1.82, 2.24) is 4.72 Å². The second-order valence-electron chi connectivity index (χ2n) is 4.92. The summed E-state index contributed by atoms with van der Waals surface area (Å²) in [5.41, 5.74) is 1.82. The van der Waals surface area contributed by atoms with E-state index < -0.39 is 16.1 Å². The fourth-order valence-electron chi connectivity index (χ4n) is 2.06. The molecular formula is C17H16BrNO2S. The molecule has 0 saturated carbocycles. The fourth-order valence-corrected chi connectivity index (χ4v) is 3.84. The molecule has 114 valence electrons. The van der Waals surface area contributed by atoms with Crippen molar-refractivity contribution < 1.29 is 8.42 Å². The first-order valence-corrected chi connectivity index (χ1v) is 8.98. The highest BCUT2D eigenvalue weighted by Gasteiger charge is 2.22. The lowest BCUT2D eigenvalue weighted by Crippen LogP contribution is -2.28. The summed E-state index contributed by atoms with van der Waals surface area (Å²) in [5.74, 6) is 2.53. The van der Waals surface area contributed by atoms with Crippen LogP contribution in [0.5, 0.6) is 0 Å². The SMILES string of the molecule is C#CC[C@@H](NS(=O)(=O)c1ccc(C)cc1)c1ccccc1Br. The first-order valence-electron chi connectivity index (χ1n) is 6.71. The number of aryl methyl sites for hydroxylation is 1. The Kier molecular flexibility index (Phi) is 5.41. The van der Waals surface area contributed by atoms with Crippen LogP contribution in [0.15, 0.2) is 57.9 Å². The van der Waals surface area contributed by atoms with Gasteiger partial charge in [0, 0.05) is 10.9 Å². The number of terminal acetylenes is 1. The predicted octanol–water partition coefficient (Wildman–Crippen LogP) is 3.80. The second kappa shape index (κ2) is 7.10. The lowest BCUT2D eigenvalue weighted by Gasteiger charge is -2.18. The maximum atomic E-state index is 12.5. The van der Waals surface area contributed by atoms with E-state index in [9.17, 15) is 8.42 Å². The minimum atomic E-state index is -3.63. The van der Waals surface area contributed by atoms with Crippen LogP contribution < -0.4 is 4.72 Å². The van der Waals surface area contributed by atoms with E-state index in [4.69, 9.17) is 6.42 Å². The lowest BCUT2D eigenvalue weighted by molar-refractivity contribution is 0.559. The molecule has 3 nitrogen and oxygen atoms in total. The molecule has 0 heterocycles. The minimum absolute atomic E-state index is 0.229. The third-order valence-electron chi connectivity index (χ3n) is 3.23. The molecule has 2 aromatic carbocycles. The molecule has 0 radical (unpaired) electrons. The van der Waals surface area contributed by atoms with Crippen LogP contribution in [0, 0.1) is 19.3 Å². The Bertz CT molecular complexity index is 792. The summed E-state index contributed by atoms with van der Waals surface area (Å²) in [7, 11) is -3.63. The number of sulfonamides is 1. The minimum Gasteiger partial charge on any atom is -0.207 e. The summed E-state index contributed by atoms with van der Waals surface area (Å²) in [5, 5.41) is 0. The van der Waals surface area contributed by atoms with Crippen molar-refractivity contribution >= 4 is 26.0 Å². The Morgan fingerprint density at radius 1 is 1.18 bits per heavy atom. The Morgan fingerprint density at radius 3 is 2.41 bits per heavy atom. The Labute approximate surface area is 139 Å². The second-order valence-corrected chi connectivity index (χ2v) is 7.49. The number of hydrogen-bond donors (Lipinski definition) is 1. The van der Waals surface area contributed by atoms with Gasteiger partial charge in [-0.25, -0.2) is 13.1 Å². The van der Waals surface area contributed by atoms with Gasteiger partial charge in [-0.05, 0) is 30.7 Å². The molecular weight excluding hydrogens is 362 g/mol. The maximum absolute atomic E-state index is 12.5. The average Bonchev–Trinajstić information content (AvgIpc) is 2.47. The number of nitrogens with one attached hydrogen (secondary N) is 1. The highest BCUT2D eigenvalue weighted by molar-refractivity contribution is 9.10. The van der Waals surface area contributed by atoms with Gasteiger partial charge in [0.25, 0.3) is 0 Å². The maximum Gasteiger partial charge on any atom is 0.241 e. The Balaban J connectivity index is 2.34. The zero-order chi connectivity index (χ0) is 16.2. The molecule has 0 aromatic heterocycles. The van der Waals surface area contributed by atoms with E-state index in [0.29, 0.717) is 0 Å². The molecule has 0 unspecified atom stereocenters. The van der Waals surface area contributed by atoms with Crippen LogP contribution >= 0.6 is 15.9 Å². The van der Waals surface area contributed by atoms with Gasteiger partial charge >= 0.3 is 0 Å². The van der Waals surface area contributed by atoms with Crippen molar-refractivity contribution in [1.29, 1.82) is 0 Å². The van der Waals surface area contributed by atoms with Crippen molar-refractivity contribution in [3.63, 3.8) is 0 Å². The zero-order valence-electron chi connectivity index (χ0n) is 12.1. The Hall–Kier alpha value is -1.61. The van der Waals surface area contributed by atoms with E-state index in [1.54, 1.807) is 24.3 Å². The molecule has 2 rings (SSSR count). The van der Waals surface area contributed by atoms with Gasteiger partial charge in [-0.3, -0.25) is 0 Å². The van der Waals surface area contributed by atoms with Crippen LogP contribution in [-0.4, -0.2) is 8.42 Å². The molecule has 0 aliphatic rings. The van der Waals surface area contributed by atoms with Crippen LogP contribution in [0.2, 0.25) is 0 Å². The van der Waals surface area contributed by atoms with E-state index in [0.717, 1.165) is 15.6 Å². The van der Waals surface area contributed by atoms with Crippen molar-refractivity contribution in [2.75, 3.05) is 0 Å². The summed E-state index contributed by atoms with van der Waals surface area (Å²) in [6.45, 7) is 1.91. The van der Waals surface area contributed by atoms with Crippen LogP contribution in [0.25, 0.3) is 0 Å². The molecule has 1 atom stereocenters. The molecule has 1 N–H and O–H groups in total. The molecule has 0 saturated heterocycles. The Morgan fingerprint density at radius 2 is 1.82 bits per heavy atom. The van der Waals surface area contributed by atoms with Crippen molar-refractivity contribution in [2.24, 2.45) is 0 Å². The summed E-state index contributed by atoms with van der Waals surface area (Å²) in [6.07, 6.45) is 5.67. The lowest BCUT2D eigenvalue weighted by atomic mass is 10.1. The first kappa shape index (κ1) is 16.8. The molecule has 0 aliphatic heterocycles. The molecule has 2 aromatic rings. The van der Waals surface area contributed by atoms with Gasteiger partial charge in [-0.15, -0.1) is 12.3 Å². The highest BCUT2D eigenvalue weighted by atomic mass is 79.9. The molecule has 0 spiro atoms. The van der Waals surface area contributed by atoms with Crippen LogP contribution in [0.4, 0.5) is 0 Å². The summed E-state index contributed by atoms with van der Waals surface area (Å²) < 4.78 is 28.5. The third-order valence-corrected chi connectivity index (χ3v) is 5.44. The van der Waals surface area contributed by atoms with E-state index in [1.165, 1.54) is 0 Å². The van der Waals surface area contributed by atoms with Gasteiger partial charge in [0.05, 0.1) is 10.9 Å². The largest absolute Gasteiger partial charge is 0.241 e. The van der Waals surface area contributed by atoms with Crippen LogP contribution in [0.1, 0.15) is 23.6 Å². The number of halogens is 1. The van der Waals surface area contributed by atoms with Crippen LogP contribution in [-0.2, 0) is 10.0 Å². The molecule has 0 fully saturated rings. The summed E-state index contributed by atoms with van der Waals surface area (Å²) in [6, 6.07) is 13.7. The third kappa shape index (κ3) is 3.98. The number of rotatable bonds is 5. The predicted molar refractivity (Wildman–Crippen MR) is 91.8 cm³/mol.